The van der Waals surface area contributed by atoms with Crippen molar-refractivity contribution in [3.63, 3.8) is 0 Å². The lowest BCUT2D eigenvalue weighted by atomic mass is 9.91. The van der Waals surface area contributed by atoms with Gasteiger partial charge in [0, 0.05) is 26.2 Å². The molecule has 0 aromatic carbocycles. The highest BCUT2D eigenvalue weighted by Crippen LogP contribution is 2.36. The molecule has 8 heteroatoms. The van der Waals surface area contributed by atoms with Gasteiger partial charge in [-0.15, -0.1) is 0 Å². The molecule has 8 nitrogen and oxygen atoms in total. The number of aromatic nitrogens is 2. The van der Waals surface area contributed by atoms with E-state index in [9.17, 15) is 10.1 Å². The third-order valence-corrected chi connectivity index (χ3v) is 3.57. The summed E-state index contributed by atoms with van der Waals surface area (Å²) in [6.45, 7) is 0.614. The van der Waals surface area contributed by atoms with E-state index in [4.69, 9.17) is 5.11 Å². The van der Waals surface area contributed by atoms with Gasteiger partial charge in [0.1, 0.15) is 6.33 Å². The minimum Gasteiger partial charge on any atom is -0.396 e. The second-order valence-corrected chi connectivity index (χ2v) is 4.76. The van der Waals surface area contributed by atoms with Gasteiger partial charge in [-0.05, 0) is 25.7 Å². The molecule has 0 spiro atoms. The lowest BCUT2D eigenvalue weighted by Crippen LogP contribution is -2.42. The summed E-state index contributed by atoms with van der Waals surface area (Å²) in [6.07, 6.45) is 5.02. The topological polar surface area (TPSA) is 104 Å². The van der Waals surface area contributed by atoms with E-state index in [0.29, 0.717) is 18.8 Å². The van der Waals surface area contributed by atoms with Gasteiger partial charge in [0.2, 0.25) is 11.6 Å². The Bertz CT molecular complexity index is 478. The number of nitrogens with zero attached hydrogens (tertiary/aromatic N) is 4. The predicted molar refractivity (Wildman–Crippen MR) is 74.9 cm³/mol. The molecule has 1 aromatic heterocycles. The van der Waals surface area contributed by atoms with Crippen LogP contribution in [0.15, 0.2) is 6.33 Å². The lowest BCUT2D eigenvalue weighted by molar-refractivity contribution is -0.383. The minimum absolute atomic E-state index is 0.0565. The van der Waals surface area contributed by atoms with Crippen molar-refractivity contribution in [2.45, 2.75) is 31.7 Å². The standard InChI is InChI=1S/C12H19N5O3/c1-13-11-10(17(19)20)12(15-8-14-11)16(6-3-7-18)9-4-2-5-9/h8-9,18H,2-7H2,1H3,(H,13,14,15). The molecule has 0 radical (unpaired) electrons. The van der Waals surface area contributed by atoms with Crippen LogP contribution in [0.3, 0.4) is 0 Å². The third kappa shape index (κ3) is 2.79. The van der Waals surface area contributed by atoms with E-state index in [-0.39, 0.29) is 24.2 Å². The second-order valence-electron chi connectivity index (χ2n) is 4.76. The molecule has 0 unspecified atom stereocenters. The summed E-state index contributed by atoms with van der Waals surface area (Å²) in [4.78, 5) is 20.8. The van der Waals surface area contributed by atoms with E-state index in [1.165, 1.54) is 6.33 Å². The minimum atomic E-state index is -0.453. The molecule has 1 heterocycles. The Kier molecular flexibility index (Phi) is 4.67. The Morgan fingerprint density at radius 3 is 2.80 bits per heavy atom. The first kappa shape index (κ1) is 14.4. The first-order valence-electron chi connectivity index (χ1n) is 6.73. The smallest absolute Gasteiger partial charge is 0.353 e. The molecule has 0 saturated heterocycles. The van der Waals surface area contributed by atoms with Crippen molar-refractivity contribution < 1.29 is 10.0 Å². The first-order chi connectivity index (χ1) is 9.69. The van der Waals surface area contributed by atoms with Crippen LogP contribution in [-0.2, 0) is 0 Å². The van der Waals surface area contributed by atoms with Crippen molar-refractivity contribution in [2.75, 3.05) is 30.4 Å². The fourth-order valence-corrected chi connectivity index (χ4v) is 2.33. The molecule has 1 aromatic rings. The van der Waals surface area contributed by atoms with Crippen molar-refractivity contribution in [1.29, 1.82) is 0 Å². The van der Waals surface area contributed by atoms with E-state index in [2.05, 4.69) is 15.3 Å². The third-order valence-electron chi connectivity index (χ3n) is 3.57. The number of nitrogens with one attached hydrogen (secondary N) is 1. The van der Waals surface area contributed by atoms with Crippen molar-refractivity contribution in [3.05, 3.63) is 16.4 Å². The number of hydrogen-bond acceptors (Lipinski definition) is 7. The first-order valence-corrected chi connectivity index (χ1v) is 6.73. The van der Waals surface area contributed by atoms with Gasteiger partial charge in [-0.3, -0.25) is 10.1 Å². The summed E-state index contributed by atoms with van der Waals surface area (Å²) in [5, 5.41) is 23.1. The quantitative estimate of drug-likeness (QED) is 0.571. The van der Waals surface area contributed by atoms with Crippen molar-refractivity contribution >= 4 is 17.3 Å². The molecule has 0 amide bonds. The molecule has 0 aliphatic heterocycles. The Labute approximate surface area is 117 Å². The van der Waals surface area contributed by atoms with E-state index in [0.717, 1.165) is 19.3 Å². The molecule has 2 N–H and O–H groups in total. The maximum Gasteiger partial charge on any atom is 0.353 e. The van der Waals surface area contributed by atoms with Crippen LogP contribution in [-0.4, -0.2) is 46.2 Å². The van der Waals surface area contributed by atoms with Crippen molar-refractivity contribution in [3.8, 4) is 0 Å². The van der Waals surface area contributed by atoms with Crippen LogP contribution < -0.4 is 10.2 Å². The zero-order valence-corrected chi connectivity index (χ0v) is 11.4. The van der Waals surface area contributed by atoms with E-state index in [1.54, 1.807) is 7.05 Å². The summed E-state index contributed by atoms with van der Waals surface area (Å²) in [7, 11) is 1.60. The van der Waals surface area contributed by atoms with Gasteiger partial charge in [0.15, 0.2) is 0 Å². The molecule has 2 rings (SSSR count). The molecule has 1 saturated carbocycles. The predicted octanol–water partition coefficient (Wildman–Crippen LogP) is 1.17. The van der Waals surface area contributed by atoms with E-state index >= 15 is 0 Å². The molecule has 1 aliphatic carbocycles. The van der Waals surface area contributed by atoms with Gasteiger partial charge in [-0.25, -0.2) is 9.97 Å². The molecule has 0 atom stereocenters. The average molecular weight is 281 g/mol. The normalized spacial score (nSPS) is 14.7. The highest BCUT2D eigenvalue weighted by Gasteiger charge is 2.32. The van der Waals surface area contributed by atoms with Gasteiger partial charge < -0.3 is 15.3 Å². The van der Waals surface area contributed by atoms with Gasteiger partial charge >= 0.3 is 5.69 Å². The molecular weight excluding hydrogens is 262 g/mol. The monoisotopic (exact) mass is 281 g/mol. The summed E-state index contributed by atoms with van der Waals surface area (Å²) in [5.41, 5.74) is -0.0974. The number of anilines is 2. The molecular formula is C12H19N5O3. The van der Waals surface area contributed by atoms with Crippen LogP contribution in [0, 0.1) is 10.1 Å². The number of rotatable bonds is 7. The Hall–Kier alpha value is -1.96. The number of aliphatic hydroxyl groups is 1. The van der Waals surface area contributed by atoms with Crippen LogP contribution >= 0.6 is 0 Å². The SMILES string of the molecule is CNc1ncnc(N(CCCO)C2CCC2)c1[N+](=O)[O-]. The highest BCUT2D eigenvalue weighted by atomic mass is 16.6. The van der Waals surface area contributed by atoms with Gasteiger partial charge in [-0.2, -0.15) is 0 Å². The maximum absolute atomic E-state index is 11.3. The van der Waals surface area contributed by atoms with Gasteiger partial charge in [-0.1, -0.05) is 0 Å². The molecule has 1 fully saturated rings. The van der Waals surface area contributed by atoms with Gasteiger partial charge in [0.25, 0.3) is 0 Å². The summed E-state index contributed by atoms with van der Waals surface area (Å²) in [6, 6.07) is 0.264. The Morgan fingerprint density at radius 2 is 2.30 bits per heavy atom. The maximum atomic E-state index is 11.3. The number of aliphatic hydroxyl groups excluding tert-OH is 1. The molecule has 110 valence electrons. The summed E-state index contributed by atoms with van der Waals surface area (Å²) in [5.74, 6) is 0.556. The number of hydrogen-bond donors (Lipinski definition) is 2. The lowest BCUT2D eigenvalue weighted by Gasteiger charge is -2.38. The molecule has 0 bridgehead atoms. The van der Waals surface area contributed by atoms with Crippen molar-refractivity contribution in [2.24, 2.45) is 0 Å². The van der Waals surface area contributed by atoms with E-state index < -0.39 is 4.92 Å². The van der Waals surface area contributed by atoms with Crippen LogP contribution in [0.1, 0.15) is 25.7 Å². The fourth-order valence-electron chi connectivity index (χ4n) is 2.33. The zero-order chi connectivity index (χ0) is 14.5. The zero-order valence-electron chi connectivity index (χ0n) is 11.4. The van der Waals surface area contributed by atoms with Crippen molar-refractivity contribution in [1.82, 2.24) is 9.97 Å². The summed E-state index contributed by atoms with van der Waals surface area (Å²) < 4.78 is 0. The number of nitro groups is 1. The summed E-state index contributed by atoms with van der Waals surface area (Å²) >= 11 is 0. The van der Waals surface area contributed by atoms with Crippen LogP contribution in [0.5, 0.6) is 0 Å². The fraction of sp³-hybridized carbons (Fsp3) is 0.667. The van der Waals surface area contributed by atoms with E-state index in [1.807, 2.05) is 4.90 Å². The largest absolute Gasteiger partial charge is 0.396 e. The van der Waals surface area contributed by atoms with Crippen LogP contribution in [0.4, 0.5) is 17.3 Å². The molecule has 1 aliphatic rings. The van der Waals surface area contributed by atoms with Crippen LogP contribution in [0.2, 0.25) is 0 Å². The average Bonchev–Trinajstić information content (AvgIpc) is 2.40. The molecule has 20 heavy (non-hydrogen) atoms. The Balaban J connectivity index is 2.38. The van der Waals surface area contributed by atoms with Crippen LogP contribution in [0.25, 0.3) is 0 Å². The highest BCUT2D eigenvalue weighted by molar-refractivity contribution is 5.70. The second kappa shape index (κ2) is 6.47. The Morgan fingerprint density at radius 1 is 1.55 bits per heavy atom. The van der Waals surface area contributed by atoms with Gasteiger partial charge in [0.05, 0.1) is 4.92 Å².